The van der Waals surface area contributed by atoms with Gasteiger partial charge in [0.25, 0.3) is 0 Å². The van der Waals surface area contributed by atoms with Crippen molar-refractivity contribution in [2.24, 2.45) is 0 Å². The third-order valence-corrected chi connectivity index (χ3v) is 2.75. The van der Waals surface area contributed by atoms with Gasteiger partial charge in [0.1, 0.15) is 11.9 Å². The van der Waals surface area contributed by atoms with E-state index in [0.717, 1.165) is 12.8 Å². The number of hydrogen-bond donors (Lipinski definition) is 2. The third-order valence-electron chi connectivity index (χ3n) is 2.75. The number of carboxylic acid groups (broad SMARTS) is 1. The van der Waals surface area contributed by atoms with Crippen molar-refractivity contribution in [3.05, 3.63) is 23.7 Å². The summed E-state index contributed by atoms with van der Waals surface area (Å²) in [5.41, 5.74) is 0. The maximum atomic E-state index is 10.6. The molecule has 5 heteroatoms. The number of carbonyl (C=O) groups is 1. The Labute approximate surface area is 92.6 Å². The minimum Gasteiger partial charge on any atom is -0.475 e. The van der Waals surface area contributed by atoms with E-state index in [0.29, 0.717) is 0 Å². The first-order valence-corrected chi connectivity index (χ1v) is 5.24. The van der Waals surface area contributed by atoms with Gasteiger partial charge < -0.3 is 19.4 Å². The predicted octanol–water partition coefficient (Wildman–Crippen LogP) is 1.58. The normalized spacial score (nSPS) is 26.9. The molecule has 3 unspecified atom stereocenters. The monoisotopic (exact) mass is 226 g/mol. The zero-order valence-corrected chi connectivity index (χ0v) is 8.92. The number of carboxylic acids is 1. The topological polar surface area (TPSA) is 79.9 Å². The molecule has 1 saturated heterocycles. The Morgan fingerprint density at radius 3 is 2.75 bits per heavy atom. The molecule has 0 spiro atoms. The van der Waals surface area contributed by atoms with Crippen LogP contribution in [-0.2, 0) is 4.74 Å². The molecule has 1 aromatic rings. The number of aliphatic hydroxyl groups excluding tert-OH is 1. The summed E-state index contributed by atoms with van der Waals surface area (Å²) < 4.78 is 10.5. The van der Waals surface area contributed by atoms with Crippen LogP contribution in [0.25, 0.3) is 0 Å². The number of hydrogen-bond acceptors (Lipinski definition) is 4. The number of furan rings is 1. The maximum absolute atomic E-state index is 10.6. The zero-order chi connectivity index (χ0) is 11.7. The average molecular weight is 226 g/mol. The van der Waals surface area contributed by atoms with Crippen LogP contribution in [0, 0.1) is 0 Å². The lowest BCUT2D eigenvalue weighted by Gasteiger charge is -2.15. The largest absolute Gasteiger partial charge is 0.475 e. The Balaban J connectivity index is 2.08. The first-order chi connectivity index (χ1) is 7.58. The number of rotatable bonds is 3. The molecule has 0 aromatic carbocycles. The molecule has 88 valence electrons. The number of aromatic carboxylic acids is 1. The Bertz CT molecular complexity index is 383. The van der Waals surface area contributed by atoms with Crippen molar-refractivity contribution in [3.8, 4) is 0 Å². The lowest BCUT2D eigenvalue weighted by atomic mass is 10.1. The van der Waals surface area contributed by atoms with Crippen molar-refractivity contribution < 1.29 is 24.2 Å². The van der Waals surface area contributed by atoms with E-state index in [1.165, 1.54) is 12.1 Å². The first-order valence-electron chi connectivity index (χ1n) is 5.24. The summed E-state index contributed by atoms with van der Waals surface area (Å²) in [5, 5.41) is 18.6. The third kappa shape index (κ3) is 2.10. The Hall–Kier alpha value is -1.33. The van der Waals surface area contributed by atoms with E-state index in [2.05, 4.69) is 0 Å². The molecule has 1 aliphatic heterocycles. The van der Waals surface area contributed by atoms with Crippen LogP contribution in [0.1, 0.15) is 42.2 Å². The zero-order valence-electron chi connectivity index (χ0n) is 8.92. The molecule has 0 radical (unpaired) electrons. The highest BCUT2D eigenvalue weighted by atomic mass is 16.5. The van der Waals surface area contributed by atoms with Crippen LogP contribution < -0.4 is 0 Å². The van der Waals surface area contributed by atoms with Crippen LogP contribution in [0.3, 0.4) is 0 Å². The van der Waals surface area contributed by atoms with Crippen molar-refractivity contribution in [1.29, 1.82) is 0 Å². The highest BCUT2D eigenvalue weighted by molar-refractivity contribution is 5.84. The molecule has 16 heavy (non-hydrogen) atoms. The highest BCUT2D eigenvalue weighted by Gasteiger charge is 2.31. The molecular formula is C11H14O5. The van der Waals surface area contributed by atoms with Gasteiger partial charge >= 0.3 is 5.97 Å². The van der Waals surface area contributed by atoms with Crippen molar-refractivity contribution in [3.63, 3.8) is 0 Å². The molecule has 1 fully saturated rings. The summed E-state index contributed by atoms with van der Waals surface area (Å²) in [5.74, 6) is -1.06. The summed E-state index contributed by atoms with van der Waals surface area (Å²) >= 11 is 0. The Morgan fingerprint density at radius 2 is 2.25 bits per heavy atom. The molecule has 5 nitrogen and oxygen atoms in total. The summed E-state index contributed by atoms with van der Waals surface area (Å²) in [6, 6.07) is 2.81. The average Bonchev–Trinajstić information content (AvgIpc) is 2.84. The van der Waals surface area contributed by atoms with E-state index in [9.17, 15) is 9.90 Å². The minimum absolute atomic E-state index is 0.133. The van der Waals surface area contributed by atoms with Gasteiger partial charge in [-0.3, -0.25) is 0 Å². The van der Waals surface area contributed by atoms with Crippen LogP contribution in [-0.4, -0.2) is 28.4 Å². The van der Waals surface area contributed by atoms with Gasteiger partial charge in [-0.15, -0.1) is 0 Å². The van der Waals surface area contributed by atoms with Gasteiger partial charge in [0.05, 0.1) is 12.2 Å². The van der Waals surface area contributed by atoms with E-state index in [1.807, 2.05) is 6.92 Å². The number of aliphatic hydroxyl groups is 1. The molecule has 2 N–H and O–H groups in total. The maximum Gasteiger partial charge on any atom is 0.371 e. The number of ether oxygens (including phenoxy) is 1. The van der Waals surface area contributed by atoms with Gasteiger partial charge in [0, 0.05) is 0 Å². The quantitative estimate of drug-likeness (QED) is 0.817. The Kier molecular flexibility index (Phi) is 2.98. The fraction of sp³-hybridized carbons (Fsp3) is 0.545. The van der Waals surface area contributed by atoms with Crippen LogP contribution in [0.15, 0.2) is 16.5 Å². The van der Waals surface area contributed by atoms with Gasteiger partial charge in [-0.1, -0.05) is 0 Å². The van der Waals surface area contributed by atoms with Crippen molar-refractivity contribution in [2.75, 3.05) is 0 Å². The summed E-state index contributed by atoms with van der Waals surface area (Å²) in [6.07, 6.45) is 0.592. The van der Waals surface area contributed by atoms with E-state index in [1.54, 1.807) is 0 Å². The molecule has 1 aromatic heterocycles. The SMILES string of the molecule is CC1CCC(C(O)c2ccc(C(=O)O)o2)O1. The predicted molar refractivity (Wildman–Crippen MR) is 54.2 cm³/mol. The lowest BCUT2D eigenvalue weighted by molar-refractivity contribution is -0.0383. The Morgan fingerprint density at radius 1 is 1.50 bits per heavy atom. The lowest BCUT2D eigenvalue weighted by Crippen LogP contribution is -2.18. The van der Waals surface area contributed by atoms with E-state index in [4.69, 9.17) is 14.3 Å². The second-order valence-corrected chi connectivity index (χ2v) is 4.01. The van der Waals surface area contributed by atoms with Crippen molar-refractivity contribution >= 4 is 5.97 Å². The molecule has 1 aliphatic rings. The smallest absolute Gasteiger partial charge is 0.371 e. The molecule has 0 aliphatic carbocycles. The van der Waals surface area contributed by atoms with Crippen LogP contribution in [0.4, 0.5) is 0 Å². The van der Waals surface area contributed by atoms with E-state index in [-0.39, 0.29) is 23.7 Å². The van der Waals surface area contributed by atoms with Crippen LogP contribution in [0.5, 0.6) is 0 Å². The molecular weight excluding hydrogens is 212 g/mol. The second-order valence-electron chi connectivity index (χ2n) is 4.01. The molecule has 2 rings (SSSR count). The van der Waals surface area contributed by atoms with Crippen LogP contribution >= 0.6 is 0 Å². The molecule has 0 bridgehead atoms. The van der Waals surface area contributed by atoms with E-state index >= 15 is 0 Å². The second kappa shape index (κ2) is 4.27. The van der Waals surface area contributed by atoms with Gasteiger partial charge in [-0.2, -0.15) is 0 Å². The fourth-order valence-corrected chi connectivity index (χ4v) is 1.88. The summed E-state index contributed by atoms with van der Waals surface area (Å²) in [7, 11) is 0. The first kappa shape index (κ1) is 11.2. The van der Waals surface area contributed by atoms with Crippen molar-refractivity contribution in [2.45, 2.75) is 38.1 Å². The van der Waals surface area contributed by atoms with Crippen molar-refractivity contribution in [1.82, 2.24) is 0 Å². The summed E-state index contributed by atoms with van der Waals surface area (Å²) in [4.78, 5) is 10.6. The van der Waals surface area contributed by atoms with Crippen LogP contribution in [0.2, 0.25) is 0 Å². The minimum atomic E-state index is -1.14. The fourth-order valence-electron chi connectivity index (χ4n) is 1.88. The standard InChI is InChI=1S/C11H14O5/c1-6-2-3-7(15-6)10(12)8-4-5-9(16-8)11(13)14/h4-7,10,12H,2-3H2,1H3,(H,13,14). The molecule has 0 saturated carbocycles. The van der Waals surface area contributed by atoms with Gasteiger partial charge in [-0.05, 0) is 31.9 Å². The van der Waals surface area contributed by atoms with Gasteiger partial charge in [-0.25, -0.2) is 4.79 Å². The van der Waals surface area contributed by atoms with Gasteiger partial charge in [0.2, 0.25) is 5.76 Å². The summed E-state index contributed by atoms with van der Waals surface area (Å²) in [6.45, 7) is 1.94. The van der Waals surface area contributed by atoms with E-state index < -0.39 is 12.1 Å². The molecule has 2 heterocycles. The highest BCUT2D eigenvalue weighted by Crippen LogP contribution is 2.30. The molecule has 3 atom stereocenters. The molecule has 0 amide bonds. The van der Waals surface area contributed by atoms with Gasteiger partial charge in [0.15, 0.2) is 0 Å².